The first-order chi connectivity index (χ1) is 16.7. The molecule has 1 aromatic carbocycles. The fourth-order valence-electron chi connectivity index (χ4n) is 4.18. The van der Waals surface area contributed by atoms with E-state index in [1.54, 1.807) is 20.0 Å². The fourth-order valence-corrected chi connectivity index (χ4v) is 5.63. The Morgan fingerprint density at radius 2 is 1.91 bits per heavy atom. The number of carbonyl (C=O) groups is 1. The number of hydrogen-bond donors (Lipinski definition) is 2. The Labute approximate surface area is 202 Å². The SMILES string of the molecule is CCCc1nn(C)c2c(=O)[nH]c(-c3cc(S(=O)(=O)N4CCN(C(=O)O)CC4)ccc3OCC)nc12. The maximum atomic E-state index is 13.4. The summed E-state index contributed by atoms with van der Waals surface area (Å²) >= 11 is 0. The molecule has 0 saturated carbocycles. The molecule has 3 heterocycles. The molecule has 2 aromatic heterocycles. The predicted octanol–water partition coefficient (Wildman–Crippen LogP) is 1.66. The Bertz CT molecular complexity index is 1420. The lowest BCUT2D eigenvalue weighted by molar-refractivity contribution is 0.126. The minimum Gasteiger partial charge on any atom is -0.493 e. The molecule has 2 N–H and O–H groups in total. The van der Waals surface area contributed by atoms with E-state index in [1.165, 1.54) is 26.0 Å². The summed E-state index contributed by atoms with van der Waals surface area (Å²) in [6.45, 7) is 4.41. The van der Waals surface area contributed by atoms with Crippen molar-refractivity contribution < 1.29 is 23.1 Å². The van der Waals surface area contributed by atoms with Crippen molar-refractivity contribution in [3.8, 4) is 17.1 Å². The summed E-state index contributed by atoms with van der Waals surface area (Å²) in [5.41, 5.74) is 1.45. The molecule has 1 saturated heterocycles. The number of H-pyrrole nitrogens is 1. The maximum absolute atomic E-state index is 13.4. The quantitative estimate of drug-likeness (QED) is 0.493. The highest BCUT2D eigenvalue weighted by Gasteiger charge is 2.31. The second-order valence-corrected chi connectivity index (χ2v) is 10.1. The molecule has 3 aromatic rings. The number of nitrogens with one attached hydrogen (secondary N) is 1. The van der Waals surface area contributed by atoms with Crippen molar-refractivity contribution in [2.45, 2.75) is 31.6 Å². The zero-order chi connectivity index (χ0) is 25.3. The molecule has 0 atom stereocenters. The standard InChI is InChI=1S/C22H28N6O6S/c1-4-6-16-18-19(26(3)25-16)21(29)24-20(23-18)15-13-14(7-8-17(15)34-5-2)35(32,33)28-11-9-27(10-12-28)22(30)31/h7-8,13H,4-6,9-12H2,1-3H3,(H,30,31)(H,23,24,29). The predicted molar refractivity (Wildman–Crippen MR) is 128 cm³/mol. The van der Waals surface area contributed by atoms with Gasteiger partial charge in [-0.15, -0.1) is 0 Å². The van der Waals surface area contributed by atoms with Crippen LogP contribution in [0.2, 0.25) is 0 Å². The smallest absolute Gasteiger partial charge is 0.407 e. The average Bonchev–Trinajstić information content (AvgIpc) is 3.15. The highest BCUT2D eigenvalue weighted by Crippen LogP contribution is 2.32. The van der Waals surface area contributed by atoms with E-state index < -0.39 is 16.1 Å². The molecule has 0 unspecified atom stereocenters. The third-order valence-electron chi connectivity index (χ3n) is 5.90. The zero-order valence-electron chi connectivity index (χ0n) is 19.8. The van der Waals surface area contributed by atoms with Crippen molar-refractivity contribution in [2.24, 2.45) is 7.05 Å². The zero-order valence-corrected chi connectivity index (χ0v) is 20.6. The van der Waals surface area contributed by atoms with Crippen molar-refractivity contribution >= 4 is 27.1 Å². The van der Waals surface area contributed by atoms with E-state index in [-0.39, 0.29) is 42.5 Å². The number of carboxylic acid groups (broad SMARTS) is 1. The van der Waals surface area contributed by atoms with Crippen molar-refractivity contribution in [3.05, 3.63) is 34.2 Å². The number of fused-ring (bicyclic) bond motifs is 1. The lowest BCUT2D eigenvalue weighted by Gasteiger charge is -2.32. The van der Waals surface area contributed by atoms with E-state index in [4.69, 9.17) is 9.84 Å². The van der Waals surface area contributed by atoms with E-state index >= 15 is 0 Å². The maximum Gasteiger partial charge on any atom is 0.407 e. The summed E-state index contributed by atoms with van der Waals surface area (Å²) < 4.78 is 35.2. The van der Waals surface area contributed by atoms with Gasteiger partial charge in [0.25, 0.3) is 5.56 Å². The van der Waals surface area contributed by atoms with Crippen LogP contribution < -0.4 is 10.3 Å². The molecule has 4 rings (SSSR count). The summed E-state index contributed by atoms with van der Waals surface area (Å²) in [7, 11) is -2.24. The van der Waals surface area contributed by atoms with E-state index in [1.807, 2.05) is 6.92 Å². The summed E-state index contributed by atoms with van der Waals surface area (Å²) in [6, 6.07) is 4.42. The van der Waals surface area contributed by atoms with Crippen molar-refractivity contribution in [1.82, 2.24) is 29.0 Å². The molecule has 13 heteroatoms. The Balaban J connectivity index is 1.80. The van der Waals surface area contributed by atoms with E-state index in [0.29, 0.717) is 41.1 Å². The molecule has 12 nitrogen and oxygen atoms in total. The normalized spacial score (nSPS) is 15.0. The molecule has 0 bridgehead atoms. The van der Waals surface area contributed by atoms with Crippen LogP contribution in [0.3, 0.4) is 0 Å². The van der Waals surface area contributed by atoms with Crippen LogP contribution in [0.5, 0.6) is 5.75 Å². The number of piperazine rings is 1. The number of rotatable bonds is 7. The summed E-state index contributed by atoms with van der Waals surface area (Å²) in [5, 5.41) is 13.6. The fraction of sp³-hybridized carbons (Fsp3) is 0.455. The molecule has 188 valence electrons. The molecular formula is C22H28N6O6S. The van der Waals surface area contributed by atoms with Gasteiger partial charge in [-0.25, -0.2) is 18.2 Å². The van der Waals surface area contributed by atoms with Gasteiger partial charge in [-0.05, 0) is 31.5 Å². The Morgan fingerprint density at radius 3 is 2.54 bits per heavy atom. The monoisotopic (exact) mass is 504 g/mol. The summed E-state index contributed by atoms with van der Waals surface area (Å²) in [6.07, 6.45) is 0.388. The number of aromatic amines is 1. The number of aryl methyl sites for hydroxylation is 2. The van der Waals surface area contributed by atoms with Crippen LogP contribution >= 0.6 is 0 Å². The van der Waals surface area contributed by atoms with Crippen LogP contribution in [0.1, 0.15) is 26.0 Å². The van der Waals surface area contributed by atoms with Gasteiger partial charge >= 0.3 is 6.09 Å². The molecule has 0 aliphatic carbocycles. The molecule has 35 heavy (non-hydrogen) atoms. The van der Waals surface area contributed by atoms with Gasteiger partial charge in [0.05, 0.1) is 22.8 Å². The number of amides is 1. The number of aromatic nitrogens is 4. The number of ether oxygens (including phenoxy) is 1. The molecule has 1 aliphatic rings. The lowest BCUT2D eigenvalue weighted by atomic mass is 10.1. The van der Waals surface area contributed by atoms with Crippen molar-refractivity contribution in [1.29, 1.82) is 0 Å². The second kappa shape index (κ2) is 9.66. The van der Waals surface area contributed by atoms with Gasteiger partial charge in [-0.2, -0.15) is 9.40 Å². The van der Waals surface area contributed by atoms with E-state index in [9.17, 15) is 18.0 Å². The van der Waals surface area contributed by atoms with E-state index in [2.05, 4.69) is 15.1 Å². The van der Waals surface area contributed by atoms with Crippen LogP contribution in [-0.2, 0) is 23.5 Å². The average molecular weight is 505 g/mol. The van der Waals surface area contributed by atoms with E-state index in [0.717, 1.165) is 6.42 Å². The van der Waals surface area contributed by atoms with Crippen LogP contribution in [0.25, 0.3) is 22.4 Å². The van der Waals surface area contributed by atoms with Crippen LogP contribution in [0.15, 0.2) is 27.9 Å². The highest BCUT2D eigenvalue weighted by molar-refractivity contribution is 7.89. The van der Waals surface area contributed by atoms with Crippen molar-refractivity contribution in [2.75, 3.05) is 32.8 Å². The van der Waals surface area contributed by atoms with Gasteiger partial charge in [0.1, 0.15) is 17.1 Å². The number of hydrogen-bond acceptors (Lipinski definition) is 7. The van der Waals surface area contributed by atoms with Gasteiger partial charge in [-0.3, -0.25) is 9.48 Å². The van der Waals surface area contributed by atoms with Crippen molar-refractivity contribution in [3.63, 3.8) is 0 Å². The van der Waals surface area contributed by atoms with Gasteiger partial charge in [-0.1, -0.05) is 13.3 Å². The first-order valence-corrected chi connectivity index (χ1v) is 12.8. The third kappa shape index (κ3) is 4.60. The first kappa shape index (κ1) is 24.7. The topological polar surface area (TPSA) is 151 Å². The van der Waals surface area contributed by atoms with Gasteiger partial charge in [0.15, 0.2) is 5.52 Å². The van der Waals surface area contributed by atoms with Gasteiger partial charge < -0.3 is 19.7 Å². The Kier molecular flexibility index (Phi) is 6.81. The lowest BCUT2D eigenvalue weighted by Crippen LogP contribution is -2.50. The number of sulfonamides is 1. The molecule has 1 fully saturated rings. The Morgan fingerprint density at radius 1 is 1.20 bits per heavy atom. The number of benzene rings is 1. The largest absolute Gasteiger partial charge is 0.493 e. The minimum absolute atomic E-state index is 0.00226. The van der Waals surface area contributed by atoms with Crippen LogP contribution in [0, 0.1) is 0 Å². The second-order valence-electron chi connectivity index (χ2n) is 8.20. The molecule has 1 amide bonds. The first-order valence-electron chi connectivity index (χ1n) is 11.4. The highest BCUT2D eigenvalue weighted by atomic mass is 32.2. The minimum atomic E-state index is -3.92. The molecule has 1 aliphatic heterocycles. The third-order valence-corrected chi connectivity index (χ3v) is 7.80. The number of nitrogens with zero attached hydrogens (tertiary/aromatic N) is 5. The molecule has 0 spiro atoms. The molecule has 0 radical (unpaired) electrons. The Hall–Kier alpha value is -3.45. The summed E-state index contributed by atoms with van der Waals surface area (Å²) in [5.74, 6) is 0.564. The van der Waals surface area contributed by atoms with Crippen LogP contribution in [-0.4, -0.2) is 81.4 Å². The summed E-state index contributed by atoms with van der Waals surface area (Å²) in [4.78, 5) is 32.7. The van der Waals surface area contributed by atoms with Crippen LogP contribution in [0.4, 0.5) is 4.79 Å². The van der Waals surface area contributed by atoms with Gasteiger partial charge in [0.2, 0.25) is 10.0 Å². The van der Waals surface area contributed by atoms with Gasteiger partial charge in [0, 0.05) is 33.2 Å². The molecular weight excluding hydrogens is 476 g/mol.